The van der Waals surface area contributed by atoms with Gasteiger partial charge in [-0.3, -0.25) is 9.88 Å². The molecule has 106 valence electrons. The van der Waals surface area contributed by atoms with E-state index in [2.05, 4.69) is 47.9 Å². The average Bonchev–Trinajstić information content (AvgIpc) is 2.34. The number of aromatic carboxylic acids is 1. The van der Waals surface area contributed by atoms with Crippen molar-refractivity contribution in [3.05, 3.63) is 18.1 Å². The van der Waals surface area contributed by atoms with E-state index in [1.54, 1.807) is 0 Å². The van der Waals surface area contributed by atoms with Crippen LogP contribution < -0.4 is 5.32 Å². The summed E-state index contributed by atoms with van der Waals surface area (Å²) in [7, 11) is 0. The highest BCUT2D eigenvalue weighted by molar-refractivity contribution is 5.85. The molecule has 6 nitrogen and oxygen atoms in total. The van der Waals surface area contributed by atoms with Crippen molar-refractivity contribution in [3.8, 4) is 0 Å². The zero-order valence-electron chi connectivity index (χ0n) is 11.9. The summed E-state index contributed by atoms with van der Waals surface area (Å²) in [5.74, 6) is -0.575. The van der Waals surface area contributed by atoms with Gasteiger partial charge in [-0.2, -0.15) is 0 Å². The third kappa shape index (κ3) is 4.82. The van der Waals surface area contributed by atoms with Gasteiger partial charge in [-0.25, -0.2) is 9.78 Å². The molecule has 1 aromatic rings. The molecule has 0 saturated heterocycles. The van der Waals surface area contributed by atoms with Gasteiger partial charge < -0.3 is 10.4 Å². The van der Waals surface area contributed by atoms with E-state index in [4.69, 9.17) is 5.11 Å². The molecule has 0 bridgehead atoms. The Kier molecular flexibility index (Phi) is 5.69. The van der Waals surface area contributed by atoms with E-state index in [0.717, 1.165) is 6.54 Å². The molecule has 0 amide bonds. The van der Waals surface area contributed by atoms with Gasteiger partial charge >= 0.3 is 5.97 Å². The SMILES string of the molecule is CC(C)N(CCNc1cncc(C(=O)O)n1)C(C)C. The number of hydrogen-bond acceptors (Lipinski definition) is 5. The molecule has 1 aromatic heterocycles. The maximum Gasteiger partial charge on any atom is 0.356 e. The Morgan fingerprint density at radius 2 is 1.95 bits per heavy atom. The molecule has 0 unspecified atom stereocenters. The van der Waals surface area contributed by atoms with Crippen LogP contribution in [0.25, 0.3) is 0 Å². The lowest BCUT2D eigenvalue weighted by Crippen LogP contribution is -2.40. The number of rotatable bonds is 7. The number of hydrogen-bond donors (Lipinski definition) is 2. The molecule has 0 atom stereocenters. The Balaban J connectivity index is 2.53. The van der Waals surface area contributed by atoms with Gasteiger partial charge in [0.15, 0.2) is 5.69 Å². The molecular formula is C13H22N4O2. The summed E-state index contributed by atoms with van der Waals surface area (Å²) in [6.07, 6.45) is 2.77. The third-order valence-corrected chi connectivity index (χ3v) is 2.86. The first-order valence-corrected chi connectivity index (χ1v) is 6.46. The Hall–Kier alpha value is -1.69. The Morgan fingerprint density at radius 1 is 1.32 bits per heavy atom. The maximum absolute atomic E-state index is 10.8. The highest BCUT2D eigenvalue weighted by Crippen LogP contribution is 2.05. The van der Waals surface area contributed by atoms with Gasteiger partial charge in [0.1, 0.15) is 5.82 Å². The summed E-state index contributed by atoms with van der Waals surface area (Å²) in [6.45, 7) is 10.2. The first-order valence-electron chi connectivity index (χ1n) is 6.46. The third-order valence-electron chi connectivity index (χ3n) is 2.86. The molecule has 0 radical (unpaired) electrons. The maximum atomic E-state index is 10.8. The molecule has 0 spiro atoms. The van der Waals surface area contributed by atoms with Crippen LogP contribution in [0.5, 0.6) is 0 Å². The number of carboxylic acids is 1. The molecule has 0 aromatic carbocycles. The largest absolute Gasteiger partial charge is 0.476 e. The van der Waals surface area contributed by atoms with E-state index in [-0.39, 0.29) is 5.69 Å². The van der Waals surface area contributed by atoms with Gasteiger partial charge in [0, 0.05) is 25.2 Å². The molecule has 0 aliphatic rings. The summed E-state index contributed by atoms with van der Waals surface area (Å²) < 4.78 is 0. The molecule has 0 aliphatic heterocycles. The van der Waals surface area contributed by atoms with Crippen LogP contribution in [0.1, 0.15) is 38.2 Å². The van der Waals surface area contributed by atoms with Crippen LogP contribution in [0.2, 0.25) is 0 Å². The first-order chi connectivity index (χ1) is 8.91. The zero-order valence-corrected chi connectivity index (χ0v) is 11.9. The van der Waals surface area contributed by atoms with Crippen molar-refractivity contribution in [1.29, 1.82) is 0 Å². The lowest BCUT2D eigenvalue weighted by molar-refractivity contribution is 0.0690. The van der Waals surface area contributed by atoms with Crippen molar-refractivity contribution in [1.82, 2.24) is 14.9 Å². The van der Waals surface area contributed by atoms with Gasteiger partial charge in [0.25, 0.3) is 0 Å². The molecule has 2 N–H and O–H groups in total. The summed E-state index contributed by atoms with van der Waals surface area (Å²) in [4.78, 5) is 20.9. The Labute approximate surface area is 113 Å². The smallest absolute Gasteiger partial charge is 0.356 e. The predicted octanol–water partition coefficient (Wildman–Crippen LogP) is 1.71. The van der Waals surface area contributed by atoms with Crippen LogP contribution >= 0.6 is 0 Å². The van der Waals surface area contributed by atoms with Gasteiger partial charge in [-0.05, 0) is 27.7 Å². The second-order valence-electron chi connectivity index (χ2n) is 4.95. The van der Waals surface area contributed by atoms with Crippen LogP contribution in [0, 0.1) is 0 Å². The summed E-state index contributed by atoms with van der Waals surface area (Å²) in [6, 6.07) is 0.941. The van der Waals surface area contributed by atoms with Crippen molar-refractivity contribution in [3.63, 3.8) is 0 Å². The van der Waals surface area contributed by atoms with Crippen LogP contribution in [0.3, 0.4) is 0 Å². The lowest BCUT2D eigenvalue weighted by atomic mass is 10.2. The number of anilines is 1. The zero-order chi connectivity index (χ0) is 14.4. The minimum atomic E-state index is -1.07. The fraction of sp³-hybridized carbons (Fsp3) is 0.615. The highest BCUT2D eigenvalue weighted by atomic mass is 16.4. The van der Waals surface area contributed by atoms with Crippen molar-refractivity contribution in [2.24, 2.45) is 0 Å². The fourth-order valence-corrected chi connectivity index (χ4v) is 1.98. The standard InChI is InChI=1S/C13H22N4O2/c1-9(2)17(10(3)4)6-5-15-12-8-14-7-11(16-12)13(18)19/h7-10H,5-6H2,1-4H3,(H,15,16)(H,18,19). The van der Waals surface area contributed by atoms with Gasteiger partial charge in [0.2, 0.25) is 0 Å². The van der Waals surface area contributed by atoms with Crippen LogP contribution in [-0.4, -0.2) is 51.1 Å². The predicted molar refractivity (Wildman–Crippen MR) is 74.5 cm³/mol. The number of aromatic nitrogens is 2. The van der Waals surface area contributed by atoms with Crippen molar-refractivity contribution < 1.29 is 9.90 Å². The van der Waals surface area contributed by atoms with E-state index in [0.29, 0.717) is 24.4 Å². The minimum absolute atomic E-state index is 0.0467. The van der Waals surface area contributed by atoms with E-state index in [1.807, 2.05) is 0 Å². The van der Waals surface area contributed by atoms with E-state index in [9.17, 15) is 4.79 Å². The van der Waals surface area contributed by atoms with Crippen LogP contribution in [-0.2, 0) is 0 Å². The number of nitrogens with zero attached hydrogens (tertiary/aromatic N) is 3. The number of nitrogens with one attached hydrogen (secondary N) is 1. The molecule has 1 rings (SSSR count). The lowest BCUT2D eigenvalue weighted by Gasteiger charge is -2.30. The first kappa shape index (κ1) is 15.4. The summed E-state index contributed by atoms with van der Waals surface area (Å²) >= 11 is 0. The van der Waals surface area contributed by atoms with Crippen molar-refractivity contribution in [2.75, 3.05) is 18.4 Å². The van der Waals surface area contributed by atoms with Crippen molar-refractivity contribution in [2.45, 2.75) is 39.8 Å². The van der Waals surface area contributed by atoms with Gasteiger partial charge in [-0.1, -0.05) is 0 Å². The fourth-order valence-electron chi connectivity index (χ4n) is 1.98. The number of carboxylic acid groups (broad SMARTS) is 1. The quantitative estimate of drug-likeness (QED) is 0.782. The van der Waals surface area contributed by atoms with Crippen molar-refractivity contribution >= 4 is 11.8 Å². The topological polar surface area (TPSA) is 78.4 Å². The average molecular weight is 266 g/mol. The molecule has 0 aliphatic carbocycles. The van der Waals surface area contributed by atoms with Gasteiger partial charge in [-0.15, -0.1) is 0 Å². The normalized spacial score (nSPS) is 11.3. The van der Waals surface area contributed by atoms with E-state index < -0.39 is 5.97 Å². The molecule has 0 saturated carbocycles. The Bertz CT molecular complexity index is 413. The Morgan fingerprint density at radius 3 is 2.47 bits per heavy atom. The molecule has 1 heterocycles. The molecular weight excluding hydrogens is 244 g/mol. The minimum Gasteiger partial charge on any atom is -0.476 e. The van der Waals surface area contributed by atoms with E-state index in [1.165, 1.54) is 12.4 Å². The molecule has 0 fully saturated rings. The van der Waals surface area contributed by atoms with E-state index >= 15 is 0 Å². The molecule has 19 heavy (non-hydrogen) atoms. The monoisotopic (exact) mass is 266 g/mol. The second-order valence-corrected chi connectivity index (χ2v) is 4.95. The molecule has 6 heteroatoms. The summed E-state index contributed by atoms with van der Waals surface area (Å²) in [5.41, 5.74) is -0.0467. The van der Waals surface area contributed by atoms with Gasteiger partial charge in [0.05, 0.1) is 12.4 Å². The van der Waals surface area contributed by atoms with Crippen LogP contribution in [0.4, 0.5) is 5.82 Å². The highest BCUT2D eigenvalue weighted by Gasteiger charge is 2.12. The number of carbonyl (C=O) groups is 1. The van der Waals surface area contributed by atoms with Crippen LogP contribution in [0.15, 0.2) is 12.4 Å². The summed E-state index contributed by atoms with van der Waals surface area (Å²) in [5, 5.41) is 11.9. The second kappa shape index (κ2) is 7.04.